The minimum atomic E-state index is 0.291. The van der Waals surface area contributed by atoms with Crippen LogP contribution in [0.2, 0.25) is 0 Å². The van der Waals surface area contributed by atoms with E-state index in [1.54, 1.807) is 0 Å². The quantitative estimate of drug-likeness (QED) is 0.535. The zero-order valence-electron chi connectivity index (χ0n) is 13.0. The van der Waals surface area contributed by atoms with Crippen LogP contribution >= 0.6 is 12.2 Å². The Kier molecular flexibility index (Phi) is 4.57. The van der Waals surface area contributed by atoms with Crippen LogP contribution in [-0.2, 0) is 6.54 Å². The Morgan fingerprint density at radius 1 is 1.26 bits per heavy atom. The smallest absolute Gasteiger partial charge is 0.320 e. The molecule has 3 rings (SSSR count). The average molecular weight is 329 g/mol. The van der Waals surface area contributed by atoms with Crippen molar-refractivity contribution in [2.24, 2.45) is 0 Å². The molecule has 0 bridgehead atoms. The number of hydrogen-bond acceptors (Lipinski definition) is 5. The standard InChI is InChI=1S/C16H19N5OS/c1-2-3-9-22-15-19-13(17)12-14(20-15)21(16(23)18-12)10-11-7-5-4-6-8-11/h4-8H,2-3,9-10H2,1H3,(H,18,23)(H2,17,19,20). The summed E-state index contributed by atoms with van der Waals surface area (Å²) in [5.74, 6) is 0.347. The van der Waals surface area contributed by atoms with Gasteiger partial charge in [0.2, 0.25) is 0 Å². The average Bonchev–Trinajstić information content (AvgIpc) is 2.86. The van der Waals surface area contributed by atoms with E-state index in [-0.39, 0.29) is 0 Å². The van der Waals surface area contributed by atoms with Gasteiger partial charge in [-0.15, -0.1) is 0 Å². The minimum absolute atomic E-state index is 0.291. The molecule has 0 saturated heterocycles. The fourth-order valence-electron chi connectivity index (χ4n) is 2.32. The van der Waals surface area contributed by atoms with E-state index in [9.17, 15) is 0 Å². The van der Waals surface area contributed by atoms with Gasteiger partial charge >= 0.3 is 6.01 Å². The first-order chi connectivity index (χ1) is 11.2. The molecule has 0 radical (unpaired) electrons. The number of imidazole rings is 1. The number of aromatic amines is 1. The van der Waals surface area contributed by atoms with Crippen molar-refractivity contribution >= 4 is 29.2 Å². The highest BCUT2D eigenvalue weighted by Gasteiger charge is 2.13. The van der Waals surface area contributed by atoms with Gasteiger partial charge in [-0.05, 0) is 24.2 Å². The summed E-state index contributed by atoms with van der Waals surface area (Å²) in [6, 6.07) is 10.4. The summed E-state index contributed by atoms with van der Waals surface area (Å²) in [6.45, 7) is 3.29. The molecule has 0 amide bonds. The Balaban J connectivity index is 2.00. The third-order valence-corrected chi connectivity index (χ3v) is 3.87. The Labute approximate surface area is 139 Å². The second-order valence-electron chi connectivity index (χ2n) is 5.29. The maximum absolute atomic E-state index is 6.01. The van der Waals surface area contributed by atoms with Crippen molar-refractivity contribution in [2.45, 2.75) is 26.3 Å². The predicted octanol–water partition coefficient (Wildman–Crippen LogP) is 3.30. The maximum atomic E-state index is 6.01. The van der Waals surface area contributed by atoms with E-state index < -0.39 is 0 Å². The Hall–Kier alpha value is -2.41. The number of nitrogen functional groups attached to an aromatic ring is 1. The Morgan fingerprint density at radius 3 is 2.78 bits per heavy atom. The summed E-state index contributed by atoms with van der Waals surface area (Å²) >= 11 is 5.40. The van der Waals surface area contributed by atoms with E-state index in [0.29, 0.717) is 40.9 Å². The van der Waals surface area contributed by atoms with Crippen molar-refractivity contribution in [3.8, 4) is 6.01 Å². The molecule has 7 heteroatoms. The van der Waals surface area contributed by atoms with Crippen molar-refractivity contribution in [1.82, 2.24) is 19.5 Å². The van der Waals surface area contributed by atoms with Gasteiger partial charge in [0.25, 0.3) is 0 Å². The molecule has 0 spiro atoms. The molecule has 23 heavy (non-hydrogen) atoms. The SMILES string of the molecule is CCCCOc1nc(N)c2[nH]c(=S)n(Cc3ccccc3)c2n1. The number of H-pyrrole nitrogens is 1. The van der Waals surface area contributed by atoms with Crippen LogP contribution in [0.15, 0.2) is 30.3 Å². The van der Waals surface area contributed by atoms with Crippen LogP contribution < -0.4 is 10.5 Å². The van der Waals surface area contributed by atoms with Crippen molar-refractivity contribution in [3.05, 3.63) is 40.7 Å². The number of ether oxygens (including phenoxy) is 1. The van der Waals surface area contributed by atoms with Crippen molar-refractivity contribution in [1.29, 1.82) is 0 Å². The second-order valence-corrected chi connectivity index (χ2v) is 5.68. The van der Waals surface area contributed by atoms with Gasteiger partial charge < -0.3 is 15.5 Å². The van der Waals surface area contributed by atoms with E-state index in [0.717, 1.165) is 18.4 Å². The van der Waals surface area contributed by atoms with Crippen LogP contribution in [0.4, 0.5) is 5.82 Å². The summed E-state index contributed by atoms with van der Waals surface area (Å²) in [5.41, 5.74) is 8.46. The van der Waals surface area contributed by atoms with Gasteiger partial charge in [-0.2, -0.15) is 9.97 Å². The summed E-state index contributed by atoms with van der Waals surface area (Å²) in [4.78, 5) is 11.7. The molecule has 120 valence electrons. The van der Waals surface area contributed by atoms with E-state index in [4.69, 9.17) is 22.7 Å². The monoisotopic (exact) mass is 329 g/mol. The number of anilines is 1. The molecular weight excluding hydrogens is 310 g/mol. The number of hydrogen-bond donors (Lipinski definition) is 2. The highest BCUT2D eigenvalue weighted by Crippen LogP contribution is 2.21. The number of nitrogens with one attached hydrogen (secondary N) is 1. The van der Waals surface area contributed by atoms with Crippen LogP contribution in [-0.4, -0.2) is 26.1 Å². The second kappa shape index (κ2) is 6.78. The molecule has 2 aromatic heterocycles. The number of rotatable bonds is 6. The Morgan fingerprint density at radius 2 is 2.04 bits per heavy atom. The molecule has 2 heterocycles. The summed E-state index contributed by atoms with van der Waals surface area (Å²) in [6.07, 6.45) is 2.00. The van der Waals surface area contributed by atoms with Gasteiger partial charge in [0.15, 0.2) is 16.2 Å². The van der Waals surface area contributed by atoms with Crippen molar-refractivity contribution in [2.75, 3.05) is 12.3 Å². The first kappa shape index (κ1) is 15.5. The van der Waals surface area contributed by atoms with E-state index in [1.165, 1.54) is 0 Å². The van der Waals surface area contributed by atoms with Gasteiger partial charge in [0.1, 0.15) is 5.52 Å². The van der Waals surface area contributed by atoms with Crippen LogP contribution in [0.25, 0.3) is 11.2 Å². The number of fused-ring (bicyclic) bond motifs is 1. The van der Waals surface area contributed by atoms with Gasteiger partial charge in [0, 0.05) is 0 Å². The van der Waals surface area contributed by atoms with Gasteiger partial charge in [-0.25, -0.2) is 0 Å². The van der Waals surface area contributed by atoms with Crippen LogP contribution in [0.5, 0.6) is 6.01 Å². The molecule has 3 aromatic rings. The summed E-state index contributed by atoms with van der Waals surface area (Å²) in [7, 11) is 0. The van der Waals surface area contributed by atoms with Gasteiger partial charge in [0.05, 0.1) is 13.2 Å². The lowest BCUT2D eigenvalue weighted by atomic mass is 10.2. The van der Waals surface area contributed by atoms with E-state index in [2.05, 4.69) is 21.9 Å². The molecule has 0 unspecified atom stereocenters. The number of nitrogens with zero attached hydrogens (tertiary/aromatic N) is 3. The first-order valence-corrected chi connectivity index (χ1v) is 8.02. The number of aromatic nitrogens is 4. The molecule has 0 fully saturated rings. The summed E-state index contributed by atoms with van der Waals surface area (Å²) < 4.78 is 8.06. The van der Waals surface area contributed by atoms with Gasteiger partial charge in [-0.1, -0.05) is 43.7 Å². The minimum Gasteiger partial charge on any atom is -0.463 e. The number of nitrogens with two attached hydrogens (primary N) is 1. The number of benzene rings is 1. The van der Waals surface area contributed by atoms with Crippen molar-refractivity contribution in [3.63, 3.8) is 0 Å². The highest BCUT2D eigenvalue weighted by atomic mass is 32.1. The molecule has 0 aliphatic carbocycles. The predicted molar refractivity (Wildman–Crippen MR) is 93.1 cm³/mol. The van der Waals surface area contributed by atoms with Crippen LogP contribution in [0.3, 0.4) is 0 Å². The molecule has 0 aliphatic heterocycles. The zero-order valence-corrected chi connectivity index (χ0v) is 13.8. The van der Waals surface area contributed by atoms with Crippen LogP contribution in [0, 0.1) is 4.77 Å². The van der Waals surface area contributed by atoms with Gasteiger partial charge in [-0.3, -0.25) is 4.57 Å². The molecule has 0 saturated carbocycles. The Bertz CT molecular complexity index is 856. The molecule has 0 atom stereocenters. The molecule has 6 nitrogen and oxygen atoms in total. The highest BCUT2D eigenvalue weighted by molar-refractivity contribution is 7.71. The lowest BCUT2D eigenvalue weighted by molar-refractivity contribution is 0.286. The normalized spacial score (nSPS) is 11.0. The van der Waals surface area contributed by atoms with Crippen LogP contribution in [0.1, 0.15) is 25.3 Å². The third-order valence-electron chi connectivity index (χ3n) is 3.54. The van der Waals surface area contributed by atoms with E-state index >= 15 is 0 Å². The largest absolute Gasteiger partial charge is 0.463 e. The third kappa shape index (κ3) is 3.34. The molecule has 1 aromatic carbocycles. The first-order valence-electron chi connectivity index (χ1n) is 7.61. The zero-order chi connectivity index (χ0) is 16.2. The van der Waals surface area contributed by atoms with E-state index in [1.807, 2.05) is 34.9 Å². The molecular formula is C16H19N5OS. The number of unbranched alkanes of at least 4 members (excludes halogenated alkanes) is 1. The lowest BCUT2D eigenvalue weighted by Gasteiger charge is -2.07. The summed E-state index contributed by atoms with van der Waals surface area (Å²) in [5, 5.41) is 0. The maximum Gasteiger partial charge on any atom is 0.320 e. The fourth-order valence-corrected chi connectivity index (χ4v) is 2.57. The molecule has 0 aliphatic rings. The lowest BCUT2D eigenvalue weighted by Crippen LogP contribution is -2.06. The molecule has 3 N–H and O–H groups in total. The van der Waals surface area contributed by atoms with Crippen molar-refractivity contribution < 1.29 is 4.74 Å². The topological polar surface area (TPSA) is 81.8 Å². The fraction of sp³-hybridized carbons (Fsp3) is 0.312.